The Kier molecular flexibility index (Phi) is 4.42. The largest absolute Gasteiger partial charge is 0.478 e. The van der Waals surface area contributed by atoms with E-state index in [1.165, 1.54) is 16.7 Å². The van der Waals surface area contributed by atoms with Crippen molar-refractivity contribution < 1.29 is 19.4 Å². The molecule has 2 rings (SSSR count). The number of hydrogen-bond acceptors (Lipinski definition) is 4. The van der Waals surface area contributed by atoms with Crippen molar-refractivity contribution in [1.29, 1.82) is 0 Å². The van der Waals surface area contributed by atoms with Crippen LogP contribution in [0.5, 0.6) is 0 Å². The van der Waals surface area contributed by atoms with E-state index in [4.69, 9.17) is 9.84 Å². The third-order valence-electron chi connectivity index (χ3n) is 3.09. The molecule has 112 valence electrons. The lowest BCUT2D eigenvalue weighted by Gasteiger charge is -2.04. The van der Waals surface area contributed by atoms with Crippen LogP contribution < -0.4 is 5.69 Å². The van der Waals surface area contributed by atoms with E-state index in [1.54, 1.807) is 13.0 Å². The van der Waals surface area contributed by atoms with Crippen LogP contribution in [0, 0.1) is 0 Å². The molecule has 1 aromatic heterocycles. The van der Waals surface area contributed by atoms with Crippen LogP contribution in [0.15, 0.2) is 23.0 Å². The topological polar surface area (TPSA) is 101 Å². The predicted molar refractivity (Wildman–Crippen MR) is 75.4 cm³/mol. The van der Waals surface area contributed by atoms with Gasteiger partial charge in [-0.25, -0.2) is 9.59 Å². The van der Waals surface area contributed by atoms with Crippen LogP contribution in [-0.4, -0.2) is 33.2 Å². The molecular weight excluding hydrogens is 276 g/mol. The normalized spacial score (nSPS) is 10.7. The maximum Gasteiger partial charge on any atom is 0.335 e. The molecule has 7 heteroatoms. The molecule has 0 saturated heterocycles. The van der Waals surface area contributed by atoms with Gasteiger partial charge in [-0.2, -0.15) is 0 Å². The van der Waals surface area contributed by atoms with E-state index < -0.39 is 5.97 Å². The van der Waals surface area contributed by atoms with Gasteiger partial charge in [0, 0.05) is 13.0 Å². The number of esters is 1. The van der Waals surface area contributed by atoms with E-state index in [0.717, 1.165) is 0 Å². The van der Waals surface area contributed by atoms with Gasteiger partial charge in [-0.05, 0) is 31.5 Å². The molecule has 0 aliphatic carbocycles. The molecule has 0 atom stereocenters. The summed E-state index contributed by atoms with van der Waals surface area (Å²) in [6, 6.07) is 4.45. The quantitative estimate of drug-likeness (QED) is 0.783. The van der Waals surface area contributed by atoms with Crippen molar-refractivity contribution in [3.63, 3.8) is 0 Å². The lowest BCUT2D eigenvalue weighted by molar-refractivity contribution is -0.143. The summed E-state index contributed by atoms with van der Waals surface area (Å²) in [6.45, 7) is 2.44. The summed E-state index contributed by atoms with van der Waals surface area (Å²) < 4.78 is 6.31. The van der Waals surface area contributed by atoms with Crippen LogP contribution in [-0.2, 0) is 16.1 Å². The fraction of sp³-hybridized carbons (Fsp3) is 0.357. The summed E-state index contributed by atoms with van der Waals surface area (Å²) in [5.74, 6) is -1.34. The van der Waals surface area contributed by atoms with Crippen molar-refractivity contribution in [2.45, 2.75) is 26.3 Å². The number of aromatic carboxylic acids is 1. The lowest BCUT2D eigenvalue weighted by Crippen LogP contribution is -2.17. The average Bonchev–Trinajstić information content (AvgIpc) is 2.74. The molecule has 0 aliphatic heterocycles. The highest BCUT2D eigenvalue weighted by Crippen LogP contribution is 2.13. The highest BCUT2D eigenvalue weighted by Gasteiger charge is 2.10. The van der Waals surface area contributed by atoms with E-state index >= 15 is 0 Å². The first-order valence-electron chi connectivity index (χ1n) is 6.64. The number of H-pyrrole nitrogens is 1. The highest BCUT2D eigenvalue weighted by molar-refractivity contribution is 5.92. The lowest BCUT2D eigenvalue weighted by atomic mass is 10.2. The van der Waals surface area contributed by atoms with Crippen molar-refractivity contribution in [2.24, 2.45) is 0 Å². The Hall–Kier alpha value is -2.57. The number of aryl methyl sites for hydroxylation is 1. The van der Waals surface area contributed by atoms with E-state index in [1.807, 2.05) is 0 Å². The molecule has 7 nitrogen and oxygen atoms in total. The molecule has 2 N–H and O–H groups in total. The highest BCUT2D eigenvalue weighted by atomic mass is 16.5. The number of hydrogen-bond donors (Lipinski definition) is 2. The number of carbonyl (C=O) groups is 2. The Labute approximate surface area is 120 Å². The maximum absolute atomic E-state index is 11.9. The molecule has 1 aromatic carbocycles. The van der Waals surface area contributed by atoms with Gasteiger partial charge in [0.1, 0.15) is 0 Å². The van der Waals surface area contributed by atoms with Crippen LogP contribution in [0.25, 0.3) is 11.0 Å². The number of aromatic nitrogens is 2. The minimum absolute atomic E-state index is 0.113. The second-order valence-electron chi connectivity index (χ2n) is 4.53. The standard InChI is InChI=1S/C14H16N2O5/c1-2-21-12(17)4-3-7-16-11-6-5-9(13(18)19)8-10(11)15-14(16)20/h5-6,8H,2-4,7H2,1H3,(H,15,20)(H,18,19). The van der Waals surface area contributed by atoms with Gasteiger partial charge in [-0.3, -0.25) is 9.36 Å². The maximum atomic E-state index is 11.9. The van der Waals surface area contributed by atoms with Crippen molar-refractivity contribution >= 4 is 23.0 Å². The first-order valence-corrected chi connectivity index (χ1v) is 6.64. The molecule has 21 heavy (non-hydrogen) atoms. The molecule has 0 unspecified atom stereocenters. The Morgan fingerprint density at radius 2 is 2.14 bits per heavy atom. The van der Waals surface area contributed by atoms with Gasteiger partial charge < -0.3 is 14.8 Å². The van der Waals surface area contributed by atoms with Crippen molar-refractivity contribution in [3.05, 3.63) is 34.2 Å². The molecule has 0 saturated carbocycles. The minimum atomic E-state index is -1.05. The van der Waals surface area contributed by atoms with Crippen LogP contribution in [0.1, 0.15) is 30.1 Å². The van der Waals surface area contributed by atoms with Crippen LogP contribution in [0.4, 0.5) is 0 Å². The smallest absolute Gasteiger partial charge is 0.335 e. The number of nitrogens with one attached hydrogen (secondary N) is 1. The first-order chi connectivity index (χ1) is 10.0. The summed E-state index contributed by atoms with van der Waals surface area (Å²) in [7, 11) is 0. The molecule has 0 radical (unpaired) electrons. The van der Waals surface area contributed by atoms with Gasteiger partial charge in [0.15, 0.2) is 0 Å². The summed E-state index contributed by atoms with van der Waals surface area (Å²) in [4.78, 5) is 36.6. The Bertz CT molecular complexity index is 729. The summed E-state index contributed by atoms with van der Waals surface area (Å²) in [5, 5.41) is 8.92. The van der Waals surface area contributed by atoms with Crippen molar-refractivity contribution in [2.75, 3.05) is 6.61 Å². The zero-order valence-electron chi connectivity index (χ0n) is 11.6. The van der Waals surface area contributed by atoms with Crippen LogP contribution in [0.2, 0.25) is 0 Å². The number of fused-ring (bicyclic) bond motifs is 1. The molecule has 1 heterocycles. The molecule has 0 fully saturated rings. The monoisotopic (exact) mass is 292 g/mol. The number of carbonyl (C=O) groups excluding carboxylic acids is 1. The number of ether oxygens (including phenoxy) is 1. The second kappa shape index (κ2) is 6.25. The first kappa shape index (κ1) is 14.8. The van der Waals surface area contributed by atoms with E-state index in [0.29, 0.717) is 30.6 Å². The van der Waals surface area contributed by atoms with Gasteiger partial charge in [0.05, 0.1) is 23.2 Å². The van der Waals surface area contributed by atoms with Crippen molar-refractivity contribution in [3.8, 4) is 0 Å². The minimum Gasteiger partial charge on any atom is -0.478 e. The third kappa shape index (κ3) is 3.31. The number of carboxylic acid groups (broad SMARTS) is 1. The van der Waals surface area contributed by atoms with Crippen LogP contribution >= 0.6 is 0 Å². The average molecular weight is 292 g/mol. The molecule has 2 aromatic rings. The predicted octanol–water partition coefficient (Wildman–Crippen LogP) is 1.37. The summed E-state index contributed by atoms with van der Waals surface area (Å²) in [6.07, 6.45) is 0.715. The molecule has 0 bridgehead atoms. The third-order valence-corrected chi connectivity index (χ3v) is 3.09. The molecular formula is C14H16N2O5. The Morgan fingerprint density at radius 3 is 2.81 bits per heavy atom. The number of rotatable bonds is 6. The van der Waals surface area contributed by atoms with Gasteiger partial charge in [-0.1, -0.05) is 0 Å². The van der Waals surface area contributed by atoms with Gasteiger partial charge in [-0.15, -0.1) is 0 Å². The van der Waals surface area contributed by atoms with Gasteiger partial charge in [0.2, 0.25) is 0 Å². The number of benzene rings is 1. The van der Waals surface area contributed by atoms with Gasteiger partial charge >= 0.3 is 17.6 Å². The fourth-order valence-electron chi connectivity index (χ4n) is 2.13. The molecule has 0 amide bonds. The summed E-state index contributed by atoms with van der Waals surface area (Å²) in [5.41, 5.74) is 0.878. The molecule has 0 spiro atoms. The zero-order chi connectivity index (χ0) is 15.4. The number of nitrogens with zero attached hydrogens (tertiary/aromatic N) is 1. The number of aromatic amines is 1. The van der Waals surface area contributed by atoms with Gasteiger partial charge in [0.25, 0.3) is 0 Å². The second-order valence-corrected chi connectivity index (χ2v) is 4.53. The van der Waals surface area contributed by atoms with Crippen LogP contribution in [0.3, 0.4) is 0 Å². The van der Waals surface area contributed by atoms with Crippen molar-refractivity contribution in [1.82, 2.24) is 9.55 Å². The number of carboxylic acids is 1. The molecule has 0 aliphatic rings. The number of imidazole rings is 1. The van der Waals surface area contributed by atoms with E-state index in [2.05, 4.69) is 4.98 Å². The fourth-order valence-corrected chi connectivity index (χ4v) is 2.13. The Morgan fingerprint density at radius 1 is 1.38 bits per heavy atom. The van der Waals surface area contributed by atoms with E-state index in [9.17, 15) is 14.4 Å². The Balaban J connectivity index is 2.17. The SMILES string of the molecule is CCOC(=O)CCCn1c(=O)[nH]c2cc(C(=O)O)ccc21. The summed E-state index contributed by atoms with van der Waals surface area (Å²) >= 11 is 0. The zero-order valence-corrected chi connectivity index (χ0v) is 11.6. The van der Waals surface area contributed by atoms with E-state index in [-0.39, 0.29) is 23.6 Å².